The van der Waals surface area contributed by atoms with Crippen LogP contribution in [0, 0.1) is 11.3 Å². The van der Waals surface area contributed by atoms with E-state index in [4.69, 9.17) is 14.4 Å². The summed E-state index contributed by atoms with van der Waals surface area (Å²) < 4.78 is 10.8. The lowest BCUT2D eigenvalue weighted by Gasteiger charge is -2.06. The number of amides is 1. The van der Waals surface area contributed by atoms with Crippen molar-refractivity contribution in [2.45, 2.75) is 13.3 Å². The molecule has 7 heteroatoms. The zero-order valence-electron chi connectivity index (χ0n) is 10.8. The molecule has 1 aromatic carbocycles. The summed E-state index contributed by atoms with van der Waals surface area (Å²) in [6.45, 7) is 2.38. The van der Waals surface area contributed by atoms with E-state index in [0.717, 1.165) is 0 Å². The molecule has 0 aliphatic rings. The Hall–Kier alpha value is -2.88. The second-order valence-electron chi connectivity index (χ2n) is 3.72. The average Bonchev–Trinajstić information content (AvgIpc) is 2.88. The predicted molar refractivity (Wildman–Crippen MR) is 69.8 cm³/mol. The molecule has 0 saturated carbocycles. The fourth-order valence-electron chi connectivity index (χ4n) is 1.54. The Bertz CT molecular complexity index is 645. The number of carbonyl (C=O) groups excluding carboxylic acids is 1. The van der Waals surface area contributed by atoms with Crippen molar-refractivity contribution < 1.29 is 13.9 Å². The summed E-state index contributed by atoms with van der Waals surface area (Å²) in [5.74, 6) is 0.357. The fraction of sp³-hybridized carbons (Fsp3) is 0.231. The Morgan fingerprint density at radius 2 is 2.25 bits per heavy atom. The molecule has 1 N–H and O–H groups in total. The lowest BCUT2D eigenvalue weighted by Crippen LogP contribution is -2.10. The van der Waals surface area contributed by atoms with E-state index >= 15 is 0 Å². The number of para-hydroxylation sites is 1. The van der Waals surface area contributed by atoms with Gasteiger partial charge in [-0.05, 0) is 19.1 Å². The number of benzene rings is 1. The minimum atomic E-state index is -0.499. The second-order valence-corrected chi connectivity index (χ2v) is 3.72. The quantitative estimate of drug-likeness (QED) is 0.893. The van der Waals surface area contributed by atoms with Crippen LogP contribution in [0.4, 0.5) is 6.01 Å². The first-order valence-corrected chi connectivity index (χ1v) is 5.97. The van der Waals surface area contributed by atoms with Crippen molar-refractivity contribution in [3.63, 3.8) is 0 Å². The van der Waals surface area contributed by atoms with Crippen LogP contribution in [0.3, 0.4) is 0 Å². The van der Waals surface area contributed by atoms with Gasteiger partial charge in [-0.25, -0.2) is 0 Å². The number of rotatable bonds is 5. The summed E-state index contributed by atoms with van der Waals surface area (Å²) in [5.41, 5.74) is 0.641. The summed E-state index contributed by atoms with van der Waals surface area (Å²) in [6, 6.07) is 8.90. The normalized spacial score (nSPS) is 9.80. The first-order valence-electron chi connectivity index (χ1n) is 5.97. The van der Waals surface area contributed by atoms with Gasteiger partial charge in [0, 0.05) is 0 Å². The highest BCUT2D eigenvalue weighted by molar-refractivity contribution is 5.90. The first-order chi connectivity index (χ1) is 9.74. The smallest absolute Gasteiger partial charge is 0.322 e. The van der Waals surface area contributed by atoms with Crippen LogP contribution in [0.25, 0.3) is 11.5 Å². The van der Waals surface area contributed by atoms with Gasteiger partial charge in [0.05, 0.1) is 18.2 Å². The van der Waals surface area contributed by atoms with Crippen LogP contribution < -0.4 is 10.1 Å². The standard InChI is InChI=1S/C13H12N4O3/c1-2-19-10-6-4-3-5-9(10)12-16-17-13(20-12)15-11(18)7-8-14/h3-6H,2,7H2,1H3,(H,15,17,18). The number of hydrogen-bond acceptors (Lipinski definition) is 6. The molecular formula is C13H12N4O3. The number of nitrogens with one attached hydrogen (secondary N) is 1. The van der Waals surface area contributed by atoms with Gasteiger partial charge in [0.15, 0.2) is 0 Å². The lowest BCUT2D eigenvalue weighted by molar-refractivity contribution is -0.115. The molecule has 0 aliphatic heterocycles. The minimum Gasteiger partial charge on any atom is -0.493 e. The van der Waals surface area contributed by atoms with Gasteiger partial charge in [-0.1, -0.05) is 17.2 Å². The van der Waals surface area contributed by atoms with Crippen LogP contribution in [0.1, 0.15) is 13.3 Å². The van der Waals surface area contributed by atoms with E-state index in [0.29, 0.717) is 17.9 Å². The van der Waals surface area contributed by atoms with E-state index < -0.39 is 5.91 Å². The first kappa shape index (κ1) is 13.5. The number of carbonyl (C=O) groups is 1. The van der Waals surface area contributed by atoms with Crippen molar-refractivity contribution >= 4 is 11.9 Å². The van der Waals surface area contributed by atoms with Crippen LogP contribution in [-0.2, 0) is 4.79 Å². The largest absolute Gasteiger partial charge is 0.493 e. The van der Waals surface area contributed by atoms with E-state index in [1.807, 2.05) is 19.1 Å². The van der Waals surface area contributed by atoms with E-state index in [1.165, 1.54) is 0 Å². The summed E-state index contributed by atoms with van der Waals surface area (Å²) in [7, 11) is 0. The molecule has 1 heterocycles. The third-order valence-corrected chi connectivity index (χ3v) is 2.33. The van der Waals surface area contributed by atoms with Crippen molar-refractivity contribution in [1.82, 2.24) is 10.2 Å². The predicted octanol–water partition coefficient (Wildman–Crippen LogP) is 1.99. The molecule has 20 heavy (non-hydrogen) atoms. The third kappa shape index (κ3) is 3.11. The van der Waals surface area contributed by atoms with Gasteiger partial charge < -0.3 is 9.15 Å². The summed E-state index contributed by atoms with van der Waals surface area (Å²) >= 11 is 0. The highest BCUT2D eigenvalue weighted by Gasteiger charge is 2.14. The van der Waals surface area contributed by atoms with Crippen LogP contribution in [0.2, 0.25) is 0 Å². The maximum absolute atomic E-state index is 11.2. The van der Waals surface area contributed by atoms with Crippen LogP contribution in [0.5, 0.6) is 5.75 Å². The third-order valence-electron chi connectivity index (χ3n) is 2.33. The summed E-state index contributed by atoms with van der Waals surface area (Å²) in [6.07, 6.45) is -0.271. The number of aromatic nitrogens is 2. The maximum Gasteiger partial charge on any atom is 0.322 e. The van der Waals surface area contributed by atoms with Crippen molar-refractivity contribution in [1.29, 1.82) is 5.26 Å². The molecular weight excluding hydrogens is 260 g/mol. The molecule has 0 radical (unpaired) electrons. The topological polar surface area (TPSA) is 101 Å². The molecule has 0 spiro atoms. The van der Waals surface area contributed by atoms with Crippen LogP contribution >= 0.6 is 0 Å². The van der Waals surface area contributed by atoms with Crippen LogP contribution in [-0.4, -0.2) is 22.7 Å². The lowest BCUT2D eigenvalue weighted by atomic mass is 10.2. The Labute approximate surface area is 115 Å². The molecule has 0 unspecified atom stereocenters. The average molecular weight is 272 g/mol. The minimum absolute atomic E-state index is 0.0495. The Balaban J connectivity index is 2.21. The van der Waals surface area contributed by atoms with Gasteiger partial charge in [0.1, 0.15) is 12.2 Å². The number of nitrogens with zero attached hydrogens (tertiary/aromatic N) is 3. The van der Waals surface area contributed by atoms with Gasteiger partial charge in [-0.15, -0.1) is 5.10 Å². The Morgan fingerprint density at radius 3 is 3.00 bits per heavy atom. The van der Waals surface area contributed by atoms with Gasteiger partial charge in [-0.2, -0.15) is 5.26 Å². The molecule has 1 amide bonds. The zero-order valence-corrected chi connectivity index (χ0v) is 10.8. The van der Waals surface area contributed by atoms with E-state index in [2.05, 4.69) is 15.5 Å². The van der Waals surface area contributed by atoms with E-state index in [1.54, 1.807) is 18.2 Å². The highest BCUT2D eigenvalue weighted by Crippen LogP contribution is 2.29. The van der Waals surface area contributed by atoms with E-state index in [9.17, 15) is 4.79 Å². The number of nitriles is 1. The molecule has 0 aliphatic carbocycles. The Morgan fingerprint density at radius 1 is 1.45 bits per heavy atom. The molecule has 102 valence electrons. The molecule has 0 atom stereocenters. The highest BCUT2D eigenvalue weighted by atomic mass is 16.5. The van der Waals surface area contributed by atoms with E-state index in [-0.39, 0.29) is 18.3 Å². The van der Waals surface area contributed by atoms with Crippen LogP contribution in [0.15, 0.2) is 28.7 Å². The monoisotopic (exact) mass is 272 g/mol. The second kappa shape index (κ2) is 6.33. The number of anilines is 1. The van der Waals surface area contributed by atoms with Gasteiger partial charge in [0.2, 0.25) is 5.91 Å². The summed E-state index contributed by atoms with van der Waals surface area (Å²) in [4.78, 5) is 11.2. The zero-order chi connectivity index (χ0) is 14.4. The summed E-state index contributed by atoms with van der Waals surface area (Å²) in [5, 5.41) is 18.3. The number of ether oxygens (including phenoxy) is 1. The van der Waals surface area contributed by atoms with Gasteiger partial charge in [-0.3, -0.25) is 10.1 Å². The van der Waals surface area contributed by atoms with Crippen molar-refractivity contribution in [3.8, 4) is 23.3 Å². The number of hydrogen-bond donors (Lipinski definition) is 1. The fourth-order valence-corrected chi connectivity index (χ4v) is 1.54. The molecule has 7 nitrogen and oxygen atoms in total. The van der Waals surface area contributed by atoms with Crippen molar-refractivity contribution in [2.24, 2.45) is 0 Å². The van der Waals surface area contributed by atoms with Gasteiger partial charge >= 0.3 is 6.01 Å². The maximum atomic E-state index is 11.2. The molecule has 0 fully saturated rings. The molecule has 0 bridgehead atoms. The van der Waals surface area contributed by atoms with Crippen molar-refractivity contribution in [3.05, 3.63) is 24.3 Å². The molecule has 1 aromatic heterocycles. The SMILES string of the molecule is CCOc1ccccc1-c1nnc(NC(=O)CC#N)o1. The molecule has 0 saturated heterocycles. The molecule has 2 rings (SSSR count). The Kier molecular flexibility index (Phi) is 4.29. The van der Waals surface area contributed by atoms with Gasteiger partial charge in [0.25, 0.3) is 5.89 Å². The molecule has 2 aromatic rings. The van der Waals surface area contributed by atoms with Crippen molar-refractivity contribution in [2.75, 3.05) is 11.9 Å².